The fourth-order valence-corrected chi connectivity index (χ4v) is 2.24. The van der Waals surface area contributed by atoms with Crippen molar-refractivity contribution in [2.24, 2.45) is 5.73 Å². The van der Waals surface area contributed by atoms with Gasteiger partial charge in [-0.15, -0.1) is 11.8 Å². The van der Waals surface area contributed by atoms with Crippen molar-refractivity contribution in [1.29, 1.82) is 0 Å². The topological polar surface area (TPSA) is 102 Å². The number of hydrogen-bond donors (Lipinski definition) is 3. The summed E-state index contributed by atoms with van der Waals surface area (Å²) in [5.41, 5.74) is 5.32. The molecule has 0 aliphatic carbocycles. The molecule has 0 aromatic heterocycles. The van der Waals surface area contributed by atoms with Crippen molar-refractivity contribution < 1.29 is 19.4 Å². The highest BCUT2D eigenvalue weighted by atomic mass is 32.2. The van der Waals surface area contributed by atoms with E-state index in [-0.39, 0.29) is 23.5 Å². The molecule has 0 spiro atoms. The molecule has 0 radical (unpaired) electrons. The molecular weight excluding hydrogens is 244 g/mol. The highest BCUT2D eigenvalue weighted by molar-refractivity contribution is 8.00. The standard InChI is InChI=1S/C10H18N2O4S/c11-8(10(14)15)5-17-6-9(13)12-7-1-3-16-4-2-7/h7-8H,1-6,11H2,(H,12,13)(H,14,15). The van der Waals surface area contributed by atoms with Crippen molar-refractivity contribution in [1.82, 2.24) is 5.32 Å². The van der Waals surface area contributed by atoms with Crippen molar-refractivity contribution in [3.63, 3.8) is 0 Å². The van der Waals surface area contributed by atoms with Crippen LogP contribution in [0, 0.1) is 0 Å². The SMILES string of the molecule is NC(CSCC(=O)NC1CCOCC1)C(=O)O. The van der Waals surface area contributed by atoms with Crippen molar-refractivity contribution in [3.05, 3.63) is 0 Å². The molecule has 4 N–H and O–H groups in total. The first-order valence-corrected chi connectivity index (χ1v) is 6.68. The minimum atomic E-state index is -1.04. The van der Waals surface area contributed by atoms with Gasteiger partial charge in [0.1, 0.15) is 6.04 Å². The molecular formula is C10H18N2O4S. The lowest BCUT2D eigenvalue weighted by molar-refractivity contribution is -0.138. The van der Waals surface area contributed by atoms with Gasteiger partial charge in [-0.05, 0) is 12.8 Å². The van der Waals surface area contributed by atoms with Crippen LogP contribution in [0.3, 0.4) is 0 Å². The number of nitrogens with two attached hydrogens (primary N) is 1. The van der Waals surface area contributed by atoms with Crippen LogP contribution >= 0.6 is 11.8 Å². The maximum absolute atomic E-state index is 11.5. The van der Waals surface area contributed by atoms with Gasteiger partial charge in [-0.2, -0.15) is 0 Å². The Morgan fingerprint density at radius 2 is 2.12 bits per heavy atom. The predicted octanol–water partition coefficient (Wildman–Crippen LogP) is -0.573. The van der Waals surface area contributed by atoms with Crippen LogP contribution in [0.25, 0.3) is 0 Å². The Bertz CT molecular complexity index is 269. The van der Waals surface area contributed by atoms with Crippen LogP contribution in [0.1, 0.15) is 12.8 Å². The predicted molar refractivity (Wildman–Crippen MR) is 64.9 cm³/mol. The first-order chi connectivity index (χ1) is 8.09. The molecule has 1 saturated heterocycles. The maximum atomic E-state index is 11.5. The third-order valence-corrected chi connectivity index (χ3v) is 3.50. The number of carboxylic acids is 1. The second-order valence-corrected chi connectivity index (χ2v) is 4.94. The minimum absolute atomic E-state index is 0.0699. The molecule has 98 valence electrons. The van der Waals surface area contributed by atoms with Gasteiger partial charge in [0.05, 0.1) is 5.75 Å². The van der Waals surface area contributed by atoms with Gasteiger partial charge in [0.25, 0.3) is 0 Å². The molecule has 1 unspecified atom stereocenters. The Balaban J connectivity index is 2.10. The van der Waals surface area contributed by atoms with E-state index < -0.39 is 12.0 Å². The molecule has 0 bridgehead atoms. The summed E-state index contributed by atoms with van der Waals surface area (Å²) >= 11 is 1.24. The van der Waals surface area contributed by atoms with Crippen LogP contribution in [-0.4, -0.2) is 53.8 Å². The van der Waals surface area contributed by atoms with Crippen LogP contribution in [0.4, 0.5) is 0 Å². The molecule has 0 aromatic carbocycles. The van der Waals surface area contributed by atoms with Gasteiger partial charge in [0.2, 0.25) is 5.91 Å². The normalized spacial score (nSPS) is 18.6. The second-order valence-electron chi connectivity index (χ2n) is 3.91. The Hall–Kier alpha value is -0.790. The number of ether oxygens (including phenoxy) is 1. The summed E-state index contributed by atoms with van der Waals surface area (Å²) in [5, 5.41) is 11.4. The van der Waals surface area contributed by atoms with E-state index in [0.29, 0.717) is 13.2 Å². The zero-order valence-electron chi connectivity index (χ0n) is 9.55. The van der Waals surface area contributed by atoms with E-state index in [1.807, 2.05) is 0 Å². The van der Waals surface area contributed by atoms with Crippen LogP contribution in [0.15, 0.2) is 0 Å². The first-order valence-electron chi connectivity index (χ1n) is 5.53. The van der Waals surface area contributed by atoms with Gasteiger partial charge in [-0.25, -0.2) is 0 Å². The van der Waals surface area contributed by atoms with E-state index in [1.165, 1.54) is 11.8 Å². The third-order valence-electron chi connectivity index (χ3n) is 2.43. The zero-order valence-corrected chi connectivity index (χ0v) is 10.4. The van der Waals surface area contributed by atoms with E-state index in [0.717, 1.165) is 12.8 Å². The molecule has 1 fully saturated rings. The number of thioether (sulfide) groups is 1. The average Bonchev–Trinajstić information content (AvgIpc) is 2.30. The van der Waals surface area contributed by atoms with Crippen LogP contribution in [-0.2, 0) is 14.3 Å². The highest BCUT2D eigenvalue weighted by Crippen LogP contribution is 2.07. The summed E-state index contributed by atoms with van der Waals surface area (Å²) in [7, 11) is 0. The van der Waals surface area contributed by atoms with Gasteiger partial charge < -0.3 is 20.9 Å². The number of carboxylic acid groups (broad SMARTS) is 1. The van der Waals surface area contributed by atoms with E-state index in [2.05, 4.69) is 5.32 Å². The lowest BCUT2D eigenvalue weighted by Gasteiger charge is -2.23. The van der Waals surface area contributed by atoms with E-state index in [9.17, 15) is 9.59 Å². The monoisotopic (exact) mass is 262 g/mol. The van der Waals surface area contributed by atoms with Crippen molar-refractivity contribution in [3.8, 4) is 0 Å². The third kappa shape index (κ3) is 5.90. The minimum Gasteiger partial charge on any atom is -0.480 e. The molecule has 7 heteroatoms. The fourth-order valence-electron chi connectivity index (χ4n) is 1.46. The Morgan fingerprint density at radius 1 is 1.47 bits per heavy atom. The number of hydrogen-bond acceptors (Lipinski definition) is 5. The van der Waals surface area contributed by atoms with Crippen LogP contribution in [0.5, 0.6) is 0 Å². The zero-order chi connectivity index (χ0) is 12.7. The summed E-state index contributed by atoms with van der Waals surface area (Å²) in [5.74, 6) is -0.615. The fraction of sp³-hybridized carbons (Fsp3) is 0.800. The Kier molecular flexibility index (Phi) is 6.31. The molecule has 1 heterocycles. The molecule has 1 aliphatic heterocycles. The smallest absolute Gasteiger partial charge is 0.321 e. The van der Waals surface area contributed by atoms with Crippen LogP contribution in [0.2, 0.25) is 0 Å². The van der Waals surface area contributed by atoms with Gasteiger partial charge in [-0.1, -0.05) is 0 Å². The van der Waals surface area contributed by atoms with Crippen LogP contribution < -0.4 is 11.1 Å². The lowest BCUT2D eigenvalue weighted by atomic mass is 10.1. The van der Waals surface area contributed by atoms with E-state index in [4.69, 9.17) is 15.6 Å². The number of carbonyl (C=O) groups is 2. The second kappa shape index (κ2) is 7.52. The van der Waals surface area contributed by atoms with Crippen molar-refractivity contribution in [2.75, 3.05) is 24.7 Å². The average molecular weight is 262 g/mol. The Morgan fingerprint density at radius 3 is 2.71 bits per heavy atom. The van der Waals surface area contributed by atoms with Crippen molar-refractivity contribution in [2.45, 2.75) is 24.9 Å². The Labute approximate surface area is 104 Å². The number of amides is 1. The molecule has 1 atom stereocenters. The largest absolute Gasteiger partial charge is 0.480 e. The summed E-state index contributed by atoms with van der Waals surface area (Å²) in [6, 6.07) is -0.721. The maximum Gasteiger partial charge on any atom is 0.321 e. The number of carbonyl (C=O) groups excluding carboxylic acids is 1. The number of rotatable bonds is 6. The first kappa shape index (κ1) is 14.3. The van der Waals surface area contributed by atoms with Gasteiger partial charge in [-0.3, -0.25) is 9.59 Å². The van der Waals surface area contributed by atoms with Gasteiger partial charge in [0, 0.05) is 25.0 Å². The van der Waals surface area contributed by atoms with Gasteiger partial charge in [0.15, 0.2) is 0 Å². The molecule has 6 nitrogen and oxygen atoms in total. The summed E-state index contributed by atoms with van der Waals surface area (Å²) in [6.07, 6.45) is 1.68. The summed E-state index contributed by atoms with van der Waals surface area (Å²) in [6.45, 7) is 1.37. The van der Waals surface area contributed by atoms with Gasteiger partial charge >= 0.3 is 5.97 Å². The lowest BCUT2D eigenvalue weighted by Crippen LogP contribution is -2.40. The number of nitrogens with one attached hydrogen (secondary N) is 1. The molecule has 0 aromatic rings. The summed E-state index contributed by atoms with van der Waals surface area (Å²) in [4.78, 5) is 21.9. The number of aliphatic carboxylic acids is 1. The van der Waals surface area contributed by atoms with Crippen molar-refractivity contribution >= 4 is 23.6 Å². The molecule has 1 rings (SSSR count). The molecule has 1 aliphatic rings. The highest BCUT2D eigenvalue weighted by Gasteiger charge is 2.17. The molecule has 17 heavy (non-hydrogen) atoms. The summed E-state index contributed by atoms with van der Waals surface area (Å²) < 4.78 is 5.18. The quantitative estimate of drug-likeness (QED) is 0.592. The van der Waals surface area contributed by atoms with E-state index >= 15 is 0 Å². The molecule has 0 saturated carbocycles. The molecule has 1 amide bonds. The van der Waals surface area contributed by atoms with E-state index in [1.54, 1.807) is 0 Å².